The van der Waals surface area contributed by atoms with Gasteiger partial charge in [-0.2, -0.15) is 10.2 Å². The summed E-state index contributed by atoms with van der Waals surface area (Å²) in [5.41, 5.74) is 4.73. The second-order valence-corrected chi connectivity index (χ2v) is 8.69. The van der Waals surface area contributed by atoms with Gasteiger partial charge in [0.05, 0.1) is 10.6 Å². The lowest BCUT2D eigenvalue weighted by Gasteiger charge is -2.26. The van der Waals surface area contributed by atoms with E-state index in [1.54, 1.807) is 12.1 Å². The van der Waals surface area contributed by atoms with Crippen molar-refractivity contribution in [2.24, 2.45) is 21.2 Å². The number of rotatable bonds is 3. The fourth-order valence-electron chi connectivity index (χ4n) is 2.85. The Hall–Kier alpha value is -2.55. The van der Waals surface area contributed by atoms with Crippen LogP contribution in [0.4, 0.5) is 5.69 Å². The van der Waals surface area contributed by atoms with E-state index in [4.69, 9.17) is 0 Å². The molecule has 0 aromatic heterocycles. The van der Waals surface area contributed by atoms with Gasteiger partial charge in [-0.05, 0) is 37.0 Å². The topological polar surface area (TPSA) is 104 Å². The average Bonchev–Trinajstić information content (AvgIpc) is 2.99. The first kappa shape index (κ1) is 18.2. The SMILES string of the molecule is Cc1ccc2c(c1)N(C)C(=O)C(=NNC1=NN=C(CC(C)C)C1)S2(=O)=O. The van der Waals surface area contributed by atoms with E-state index in [9.17, 15) is 13.2 Å². The molecule has 0 saturated heterocycles. The molecular formula is C17H21N5O3S. The Labute approximate surface area is 152 Å². The Balaban J connectivity index is 1.86. The maximum absolute atomic E-state index is 12.8. The van der Waals surface area contributed by atoms with Gasteiger partial charge in [0.2, 0.25) is 14.9 Å². The molecule has 1 N–H and O–H groups in total. The number of benzene rings is 1. The van der Waals surface area contributed by atoms with Crippen LogP contribution in [0.5, 0.6) is 0 Å². The molecule has 0 fully saturated rings. The molecule has 3 rings (SSSR count). The first-order valence-corrected chi connectivity index (χ1v) is 9.78. The van der Waals surface area contributed by atoms with Crippen LogP contribution in [-0.4, -0.2) is 38.0 Å². The summed E-state index contributed by atoms with van der Waals surface area (Å²) in [6.45, 7) is 6.00. The number of sulfone groups is 1. The van der Waals surface area contributed by atoms with Crippen LogP contribution in [0.25, 0.3) is 0 Å². The van der Waals surface area contributed by atoms with Crippen molar-refractivity contribution in [3.05, 3.63) is 23.8 Å². The van der Waals surface area contributed by atoms with Gasteiger partial charge in [0, 0.05) is 19.2 Å². The van der Waals surface area contributed by atoms with E-state index < -0.39 is 20.8 Å². The highest BCUT2D eigenvalue weighted by Crippen LogP contribution is 2.32. The van der Waals surface area contributed by atoms with E-state index in [0.717, 1.165) is 17.7 Å². The van der Waals surface area contributed by atoms with Gasteiger partial charge in [-0.15, -0.1) is 5.10 Å². The predicted molar refractivity (Wildman–Crippen MR) is 101 cm³/mol. The highest BCUT2D eigenvalue weighted by atomic mass is 32.2. The highest BCUT2D eigenvalue weighted by molar-refractivity contribution is 8.08. The van der Waals surface area contributed by atoms with E-state index in [0.29, 0.717) is 23.9 Å². The zero-order valence-electron chi connectivity index (χ0n) is 15.1. The van der Waals surface area contributed by atoms with Crippen molar-refractivity contribution in [3.63, 3.8) is 0 Å². The minimum absolute atomic E-state index is 0.0656. The zero-order valence-corrected chi connectivity index (χ0v) is 16.0. The number of anilines is 1. The molecule has 2 aliphatic rings. The maximum Gasteiger partial charge on any atom is 0.290 e. The van der Waals surface area contributed by atoms with Crippen LogP contribution >= 0.6 is 0 Å². The van der Waals surface area contributed by atoms with Crippen molar-refractivity contribution < 1.29 is 13.2 Å². The van der Waals surface area contributed by atoms with Gasteiger partial charge in [0.25, 0.3) is 5.91 Å². The van der Waals surface area contributed by atoms with Gasteiger partial charge >= 0.3 is 0 Å². The number of amidine groups is 1. The molecule has 0 radical (unpaired) electrons. The lowest BCUT2D eigenvalue weighted by Crippen LogP contribution is -2.44. The Morgan fingerprint density at radius 2 is 2.04 bits per heavy atom. The van der Waals surface area contributed by atoms with Crippen LogP contribution in [0.15, 0.2) is 38.4 Å². The van der Waals surface area contributed by atoms with Crippen molar-refractivity contribution in [3.8, 4) is 0 Å². The van der Waals surface area contributed by atoms with Crippen LogP contribution in [-0.2, 0) is 14.6 Å². The van der Waals surface area contributed by atoms with Crippen molar-refractivity contribution in [1.29, 1.82) is 0 Å². The molecule has 0 atom stereocenters. The summed E-state index contributed by atoms with van der Waals surface area (Å²) < 4.78 is 25.6. The second kappa shape index (κ2) is 6.64. The van der Waals surface area contributed by atoms with Crippen LogP contribution in [0.1, 0.15) is 32.3 Å². The van der Waals surface area contributed by atoms with Gasteiger partial charge in [0.1, 0.15) is 0 Å². The smallest absolute Gasteiger partial charge is 0.290 e. The highest BCUT2D eigenvalue weighted by Gasteiger charge is 2.40. The van der Waals surface area contributed by atoms with E-state index in [1.807, 2.05) is 6.92 Å². The Bertz CT molecular complexity index is 961. The molecule has 8 nitrogen and oxygen atoms in total. The first-order valence-electron chi connectivity index (χ1n) is 8.30. The summed E-state index contributed by atoms with van der Waals surface area (Å²) in [7, 11) is -2.47. The van der Waals surface area contributed by atoms with Crippen molar-refractivity contribution >= 4 is 38.0 Å². The zero-order chi connectivity index (χ0) is 19.1. The third-order valence-electron chi connectivity index (χ3n) is 4.12. The Morgan fingerprint density at radius 3 is 2.73 bits per heavy atom. The molecule has 0 unspecified atom stereocenters. The standard InChI is InChI=1S/C17H21N5O3S/c1-10(2)7-12-9-15(19-18-12)20-21-16-17(23)22(4)13-8-11(3)5-6-14(13)26(16,24)25/h5-6,8,10H,7,9H2,1-4H3,(H,19,20). The number of fused-ring (bicyclic) bond motifs is 1. The van der Waals surface area contributed by atoms with Gasteiger partial charge in [0.15, 0.2) is 5.84 Å². The number of nitrogens with one attached hydrogen (secondary N) is 1. The Morgan fingerprint density at radius 1 is 1.31 bits per heavy atom. The lowest BCUT2D eigenvalue weighted by atomic mass is 10.0. The third kappa shape index (κ3) is 3.26. The molecule has 1 amide bonds. The number of nitrogens with zero attached hydrogens (tertiary/aromatic N) is 4. The quantitative estimate of drug-likeness (QED) is 0.814. The van der Waals surface area contributed by atoms with E-state index in [-0.39, 0.29) is 4.90 Å². The summed E-state index contributed by atoms with van der Waals surface area (Å²) in [5.74, 6) is 0.189. The minimum Gasteiger partial charge on any atom is -0.308 e. The fraction of sp³-hybridized carbons (Fsp3) is 0.412. The number of carbonyl (C=O) groups excluding carboxylic acids is 1. The van der Waals surface area contributed by atoms with Gasteiger partial charge in [-0.25, -0.2) is 8.42 Å². The largest absolute Gasteiger partial charge is 0.308 e. The predicted octanol–water partition coefficient (Wildman–Crippen LogP) is 1.85. The summed E-state index contributed by atoms with van der Waals surface area (Å²) in [6, 6.07) is 4.86. The molecule has 0 saturated carbocycles. The summed E-state index contributed by atoms with van der Waals surface area (Å²) in [4.78, 5) is 13.9. The molecule has 26 heavy (non-hydrogen) atoms. The molecule has 2 heterocycles. The number of amides is 1. The number of carbonyl (C=O) groups is 1. The van der Waals surface area contributed by atoms with Crippen LogP contribution in [0.2, 0.25) is 0 Å². The van der Waals surface area contributed by atoms with Crippen LogP contribution < -0.4 is 10.3 Å². The van der Waals surface area contributed by atoms with Crippen molar-refractivity contribution in [1.82, 2.24) is 5.43 Å². The number of aryl methyl sites for hydroxylation is 1. The summed E-state index contributed by atoms with van der Waals surface area (Å²) in [6.07, 6.45) is 1.27. The molecular weight excluding hydrogens is 354 g/mol. The van der Waals surface area contributed by atoms with Crippen molar-refractivity contribution in [2.45, 2.75) is 38.5 Å². The average molecular weight is 375 g/mol. The molecule has 1 aromatic carbocycles. The lowest BCUT2D eigenvalue weighted by molar-refractivity contribution is -0.112. The fourth-order valence-corrected chi connectivity index (χ4v) is 4.31. The number of hydrazone groups is 1. The molecule has 1 aromatic rings. The summed E-state index contributed by atoms with van der Waals surface area (Å²) >= 11 is 0. The second-order valence-electron chi connectivity index (χ2n) is 6.86. The van der Waals surface area contributed by atoms with E-state index in [2.05, 4.69) is 34.6 Å². The summed E-state index contributed by atoms with van der Waals surface area (Å²) in [5, 5.41) is 11.4. The van der Waals surface area contributed by atoms with E-state index in [1.165, 1.54) is 18.0 Å². The molecule has 9 heteroatoms. The van der Waals surface area contributed by atoms with Crippen LogP contribution in [0.3, 0.4) is 0 Å². The molecule has 138 valence electrons. The van der Waals surface area contributed by atoms with Crippen molar-refractivity contribution in [2.75, 3.05) is 11.9 Å². The third-order valence-corrected chi connectivity index (χ3v) is 5.82. The van der Waals surface area contributed by atoms with E-state index >= 15 is 0 Å². The monoisotopic (exact) mass is 375 g/mol. The molecule has 0 aliphatic carbocycles. The van der Waals surface area contributed by atoms with Gasteiger partial charge in [-0.1, -0.05) is 19.9 Å². The number of hydrogen-bond acceptors (Lipinski definition) is 7. The molecule has 0 spiro atoms. The van der Waals surface area contributed by atoms with Gasteiger partial charge in [-0.3, -0.25) is 10.2 Å². The maximum atomic E-state index is 12.8. The molecule has 2 aliphatic heterocycles. The Kier molecular flexibility index (Phi) is 4.66. The van der Waals surface area contributed by atoms with Crippen LogP contribution in [0, 0.1) is 12.8 Å². The molecule has 0 bridgehead atoms. The first-order chi connectivity index (χ1) is 12.2. The van der Waals surface area contributed by atoms with Gasteiger partial charge < -0.3 is 4.90 Å². The normalized spacial score (nSPS) is 20.3. The minimum atomic E-state index is -4.00. The number of hydrogen-bond donors (Lipinski definition) is 1.